The van der Waals surface area contributed by atoms with Crippen LogP contribution in [0.2, 0.25) is 0 Å². The number of aromatic amines is 1. The number of rotatable bonds is 8. The van der Waals surface area contributed by atoms with Gasteiger partial charge in [0.2, 0.25) is 5.91 Å². The summed E-state index contributed by atoms with van der Waals surface area (Å²) in [6, 6.07) is 26.1. The maximum atomic E-state index is 12.9. The Labute approximate surface area is 198 Å². The number of benzene rings is 3. The average molecular weight is 451 g/mol. The van der Waals surface area contributed by atoms with Gasteiger partial charge in [0.1, 0.15) is 5.75 Å². The molecule has 0 fully saturated rings. The van der Waals surface area contributed by atoms with Crippen LogP contribution in [0.5, 0.6) is 5.75 Å². The first kappa shape index (κ1) is 21.5. The van der Waals surface area contributed by atoms with Crippen LogP contribution in [0.4, 0.5) is 0 Å². The molecule has 0 spiro atoms. The van der Waals surface area contributed by atoms with Crippen LogP contribution in [0.15, 0.2) is 97.5 Å². The number of hydrogen-bond acceptors (Lipinski definition) is 3. The van der Waals surface area contributed by atoms with E-state index in [1.807, 2.05) is 67.0 Å². The number of methoxy groups -OCH3 is 1. The molecule has 0 saturated carbocycles. The number of carbonyl (C=O) groups excluding carboxylic acids is 1. The van der Waals surface area contributed by atoms with E-state index in [1.54, 1.807) is 18.0 Å². The van der Waals surface area contributed by atoms with Gasteiger partial charge in [-0.25, -0.2) is 4.68 Å². The largest absolute Gasteiger partial charge is 0.497 e. The molecule has 1 atom stereocenters. The van der Waals surface area contributed by atoms with Gasteiger partial charge in [-0.05, 0) is 47.0 Å². The standard InChI is InChI=1S/C28H26N4O2/c1-34-23-13-11-21(12-14-23)25(26-18-29-27-10-6-5-9-24(26)27)17-30-28(33)15-20-16-31-32(19-20)22-7-3-2-4-8-22/h2-14,16,18-19,25,29H,15,17H2,1H3,(H,30,33). The van der Waals surface area contributed by atoms with E-state index in [2.05, 4.69) is 39.7 Å². The number of para-hydroxylation sites is 2. The summed E-state index contributed by atoms with van der Waals surface area (Å²) in [6.07, 6.45) is 5.95. The molecule has 1 amide bonds. The number of aromatic nitrogens is 3. The molecule has 0 saturated heterocycles. The zero-order valence-corrected chi connectivity index (χ0v) is 18.9. The van der Waals surface area contributed by atoms with Crippen LogP contribution < -0.4 is 10.1 Å². The Balaban J connectivity index is 1.33. The van der Waals surface area contributed by atoms with Gasteiger partial charge in [-0.2, -0.15) is 5.10 Å². The van der Waals surface area contributed by atoms with E-state index in [4.69, 9.17) is 4.74 Å². The summed E-state index contributed by atoms with van der Waals surface area (Å²) in [5.74, 6) is 0.768. The lowest BCUT2D eigenvalue weighted by Crippen LogP contribution is -2.30. The average Bonchev–Trinajstić information content (AvgIpc) is 3.53. The van der Waals surface area contributed by atoms with E-state index in [0.29, 0.717) is 6.54 Å². The van der Waals surface area contributed by atoms with Crippen molar-refractivity contribution in [1.29, 1.82) is 0 Å². The molecule has 3 aromatic carbocycles. The normalized spacial score (nSPS) is 11.9. The second kappa shape index (κ2) is 9.67. The van der Waals surface area contributed by atoms with Crippen LogP contribution >= 0.6 is 0 Å². The van der Waals surface area contributed by atoms with Crippen molar-refractivity contribution in [3.8, 4) is 11.4 Å². The fraction of sp³-hybridized carbons (Fsp3) is 0.143. The zero-order chi connectivity index (χ0) is 23.3. The lowest BCUT2D eigenvalue weighted by molar-refractivity contribution is -0.120. The molecule has 0 bridgehead atoms. The lowest BCUT2D eigenvalue weighted by atomic mass is 9.90. The quantitative estimate of drug-likeness (QED) is 0.355. The molecule has 5 aromatic rings. The van der Waals surface area contributed by atoms with E-state index in [0.717, 1.165) is 39.0 Å². The molecular weight excluding hydrogens is 424 g/mol. The molecule has 34 heavy (non-hydrogen) atoms. The van der Waals surface area contributed by atoms with Gasteiger partial charge in [-0.3, -0.25) is 4.79 Å². The van der Waals surface area contributed by atoms with Crippen LogP contribution in [0.25, 0.3) is 16.6 Å². The summed E-state index contributed by atoms with van der Waals surface area (Å²) in [6.45, 7) is 0.486. The molecule has 170 valence electrons. The third-order valence-corrected chi connectivity index (χ3v) is 6.04. The second-order valence-corrected chi connectivity index (χ2v) is 8.22. The molecule has 6 nitrogen and oxygen atoms in total. The van der Waals surface area contributed by atoms with E-state index in [1.165, 1.54) is 0 Å². The van der Waals surface area contributed by atoms with Gasteiger partial charge in [-0.1, -0.05) is 48.5 Å². The van der Waals surface area contributed by atoms with E-state index >= 15 is 0 Å². The van der Waals surface area contributed by atoms with Gasteiger partial charge < -0.3 is 15.0 Å². The van der Waals surface area contributed by atoms with Crippen LogP contribution in [-0.2, 0) is 11.2 Å². The summed E-state index contributed by atoms with van der Waals surface area (Å²) in [7, 11) is 1.66. The van der Waals surface area contributed by atoms with Crippen LogP contribution in [0, 0.1) is 0 Å². The third kappa shape index (κ3) is 4.57. The number of H-pyrrole nitrogens is 1. The minimum absolute atomic E-state index is 0.00181. The number of hydrogen-bond donors (Lipinski definition) is 2. The summed E-state index contributed by atoms with van der Waals surface area (Å²) in [4.78, 5) is 16.2. The molecule has 1 unspecified atom stereocenters. The minimum atomic E-state index is -0.0361. The van der Waals surface area contributed by atoms with Crippen molar-refractivity contribution in [3.05, 3.63) is 114 Å². The number of nitrogens with zero attached hydrogens (tertiary/aromatic N) is 2. The maximum Gasteiger partial charge on any atom is 0.224 e. The van der Waals surface area contributed by atoms with Crippen molar-refractivity contribution in [2.24, 2.45) is 0 Å². The van der Waals surface area contributed by atoms with Crippen molar-refractivity contribution in [2.75, 3.05) is 13.7 Å². The molecule has 2 heterocycles. The zero-order valence-electron chi connectivity index (χ0n) is 18.9. The molecule has 6 heteroatoms. The molecule has 5 rings (SSSR count). The van der Waals surface area contributed by atoms with Gasteiger partial charge in [-0.15, -0.1) is 0 Å². The van der Waals surface area contributed by atoms with Crippen molar-refractivity contribution < 1.29 is 9.53 Å². The van der Waals surface area contributed by atoms with Gasteiger partial charge in [0.15, 0.2) is 0 Å². The lowest BCUT2D eigenvalue weighted by Gasteiger charge is -2.18. The van der Waals surface area contributed by atoms with Gasteiger partial charge in [0, 0.05) is 35.8 Å². The Morgan fingerprint density at radius 2 is 1.79 bits per heavy atom. The fourth-order valence-electron chi connectivity index (χ4n) is 4.26. The predicted molar refractivity (Wildman–Crippen MR) is 133 cm³/mol. The highest BCUT2D eigenvalue weighted by Gasteiger charge is 2.19. The van der Waals surface area contributed by atoms with Gasteiger partial charge in [0.05, 0.1) is 25.4 Å². The highest BCUT2D eigenvalue weighted by molar-refractivity contribution is 5.84. The first-order chi connectivity index (χ1) is 16.7. The smallest absolute Gasteiger partial charge is 0.224 e. The molecule has 0 aliphatic rings. The van der Waals surface area contributed by atoms with Gasteiger partial charge in [0.25, 0.3) is 0 Å². The van der Waals surface area contributed by atoms with Crippen molar-refractivity contribution in [2.45, 2.75) is 12.3 Å². The van der Waals surface area contributed by atoms with E-state index in [9.17, 15) is 4.79 Å². The number of fused-ring (bicyclic) bond motifs is 1. The molecule has 2 N–H and O–H groups in total. The summed E-state index contributed by atoms with van der Waals surface area (Å²) >= 11 is 0. The molecule has 0 radical (unpaired) electrons. The highest BCUT2D eigenvalue weighted by Crippen LogP contribution is 2.31. The maximum absolute atomic E-state index is 12.9. The van der Waals surface area contributed by atoms with Crippen molar-refractivity contribution >= 4 is 16.8 Å². The monoisotopic (exact) mass is 450 g/mol. The third-order valence-electron chi connectivity index (χ3n) is 6.04. The number of amides is 1. The Bertz CT molecular complexity index is 1390. The number of carbonyl (C=O) groups is 1. The summed E-state index contributed by atoms with van der Waals surface area (Å²) in [5.41, 5.74) is 5.18. The summed E-state index contributed by atoms with van der Waals surface area (Å²) < 4.78 is 7.11. The summed E-state index contributed by atoms with van der Waals surface area (Å²) in [5, 5.41) is 8.69. The SMILES string of the molecule is COc1ccc(C(CNC(=O)Cc2cnn(-c3ccccc3)c2)c2c[nH]c3ccccc23)cc1. The Morgan fingerprint density at radius 3 is 2.59 bits per heavy atom. The van der Waals surface area contributed by atoms with Crippen LogP contribution in [-0.4, -0.2) is 34.3 Å². The topological polar surface area (TPSA) is 71.9 Å². The molecule has 2 aromatic heterocycles. The fourth-order valence-corrected chi connectivity index (χ4v) is 4.26. The molecular formula is C28H26N4O2. The van der Waals surface area contributed by atoms with E-state index in [-0.39, 0.29) is 18.2 Å². The minimum Gasteiger partial charge on any atom is -0.497 e. The first-order valence-corrected chi connectivity index (χ1v) is 11.3. The Hall–Kier alpha value is -4.32. The van der Waals surface area contributed by atoms with Crippen molar-refractivity contribution in [3.63, 3.8) is 0 Å². The predicted octanol–water partition coefficient (Wildman–Crippen LogP) is 4.85. The second-order valence-electron chi connectivity index (χ2n) is 8.22. The van der Waals surface area contributed by atoms with Crippen LogP contribution in [0.3, 0.4) is 0 Å². The Morgan fingerprint density at radius 1 is 1.03 bits per heavy atom. The van der Waals surface area contributed by atoms with E-state index < -0.39 is 0 Å². The highest BCUT2D eigenvalue weighted by atomic mass is 16.5. The van der Waals surface area contributed by atoms with Gasteiger partial charge >= 0.3 is 0 Å². The first-order valence-electron chi connectivity index (χ1n) is 11.3. The Kier molecular flexibility index (Phi) is 6.12. The molecule has 0 aliphatic carbocycles. The number of ether oxygens (including phenoxy) is 1. The van der Waals surface area contributed by atoms with Crippen molar-refractivity contribution in [1.82, 2.24) is 20.1 Å². The molecule has 0 aliphatic heterocycles. The number of nitrogens with one attached hydrogen (secondary N) is 2. The van der Waals surface area contributed by atoms with Crippen LogP contribution in [0.1, 0.15) is 22.6 Å².